The Hall–Kier alpha value is -2.53. The number of rotatable bonds is 8. The average molecular weight is 355 g/mol. The summed E-state index contributed by atoms with van der Waals surface area (Å²) in [5, 5.41) is 2.97. The summed E-state index contributed by atoms with van der Waals surface area (Å²) in [6, 6.07) is 13.3. The first-order chi connectivity index (χ1) is 12.8. The number of carbonyl (C=O) groups is 1. The minimum absolute atomic E-state index is 0.116. The van der Waals surface area contributed by atoms with E-state index in [9.17, 15) is 4.79 Å². The third-order valence-electron chi connectivity index (χ3n) is 4.22. The van der Waals surface area contributed by atoms with Gasteiger partial charge in [0.25, 0.3) is 5.91 Å². The van der Waals surface area contributed by atoms with Gasteiger partial charge in [-0.25, -0.2) is 0 Å². The first-order valence-corrected chi connectivity index (χ1v) is 9.09. The lowest BCUT2D eigenvalue weighted by atomic mass is 10.0. The molecule has 1 N–H and O–H groups in total. The van der Waals surface area contributed by atoms with Crippen molar-refractivity contribution < 1.29 is 19.0 Å². The van der Waals surface area contributed by atoms with Crippen LogP contribution in [0.25, 0.3) is 0 Å². The fraction of sp³-hybridized carbons (Fsp3) is 0.381. The van der Waals surface area contributed by atoms with Crippen LogP contribution in [0.5, 0.6) is 11.5 Å². The molecule has 0 fully saturated rings. The van der Waals surface area contributed by atoms with Crippen LogP contribution in [0.2, 0.25) is 0 Å². The molecular formula is C21H25NO4. The van der Waals surface area contributed by atoms with Crippen LogP contribution >= 0.6 is 0 Å². The fourth-order valence-electron chi connectivity index (χ4n) is 2.90. The van der Waals surface area contributed by atoms with Gasteiger partial charge < -0.3 is 19.5 Å². The average Bonchev–Trinajstić information content (AvgIpc) is 2.69. The lowest BCUT2D eigenvalue weighted by molar-refractivity contribution is 0.0949. The second-order valence-corrected chi connectivity index (χ2v) is 6.15. The van der Waals surface area contributed by atoms with Gasteiger partial charge in [-0.05, 0) is 55.2 Å². The maximum absolute atomic E-state index is 12.4. The van der Waals surface area contributed by atoms with Crippen LogP contribution in [-0.4, -0.2) is 32.3 Å². The van der Waals surface area contributed by atoms with Gasteiger partial charge in [-0.2, -0.15) is 0 Å². The van der Waals surface area contributed by atoms with E-state index in [1.165, 1.54) is 5.56 Å². The number of nitrogens with one attached hydrogen (secondary N) is 1. The number of aryl methyl sites for hydroxylation is 1. The standard InChI is InChI=1S/C21H25NO4/c1-2-24-11-12-25-19-7-3-5-18(14-19)21(23)22-15-16-8-9-20-17(13-16)6-4-10-26-20/h3,5,7-9,13-14H,2,4,6,10-12,15H2,1H3,(H,22,23). The van der Waals surface area contributed by atoms with Gasteiger partial charge in [0, 0.05) is 18.7 Å². The van der Waals surface area contributed by atoms with E-state index in [4.69, 9.17) is 14.2 Å². The van der Waals surface area contributed by atoms with E-state index in [1.54, 1.807) is 12.1 Å². The van der Waals surface area contributed by atoms with E-state index in [0.717, 1.165) is 30.8 Å². The lowest BCUT2D eigenvalue weighted by Gasteiger charge is -2.18. The molecule has 5 heteroatoms. The molecule has 2 aromatic carbocycles. The number of benzene rings is 2. The molecule has 0 saturated carbocycles. The van der Waals surface area contributed by atoms with Crippen molar-refractivity contribution in [1.82, 2.24) is 5.32 Å². The van der Waals surface area contributed by atoms with E-state index in [0.29, 0.717) is 37.7 Å². The Bertz CT molecular complexity index is 745. The molecule has 1 heterocycles. The van der Waals surface area contributed by atoms with Crippen molar-refractivity contribution in [2.75, 3.05) is 26.4 Å². The first kappa shape index (κ1) is 18.3. The number of hydrogen-bond donors (Lipinski definition) is 1. The van der Waals surface area contributed by atoms with Gasteiger partial charge in [0.15, 0.2) is 0 Å². The fourth-order valence-corrected chi connectivity index (χ4v) is 2.90. The zero-order chi connectivity index (χ0) is 18.2. The molecule has 0 radical (unpaired) electrons. The van der Waals surface area contributed by atoms with E-state index < -0.39 is 0 Å². The Kier molecular flexibility index (Phi) is 6.50. The van der Waals surface area contributed by atoms with Gasteiger partial charge in [0.1, 0.15) is 18.1 Å². The van der Waals surface area contributed by atoms with Crippen molar-refractivity contribution >= 4 is 5.91 Å². The molecule has 3 rings (SSSR count). The Morgan fingerprint density at radius 3 is 3.00 bits per heavy atom. The van der Waals surface area contributed by atoms with Crippen molar-refractivity contribution in [3.8, 4) is 11.5 Å². The summed E-state index contributed by atoms with van der Waals surface area (Å²) >= 11 is 0. The van der Waals surface area contributed by atoms with E-state index >= 15 is 0 Å². The highest BCUT2D eigenvalue weighted by atomic mass is 16.5. The maximum Gasteiger partial charge on any atom is 0.251 e. The highest BCUT2D eigenvalue weighted by Crippen LogP contribution is 2.25. The van der Waals surface area contributed by atoms with Crippen molar-refractivity contribution in [3.05, 3.63) is 59.2 Å². The van der Waals surface area contributed by atoms with Gasteiger partial charge in [-0.15, -0.1) is 0 Å². The second kappa shape index (κ2) is 9.25. The third-order valence-corrected chi connectivity index (χ3v) is 4.22. The lowest BCUT2D eigenvalue weighted by Crippen LogP contribution is -2.23. The molecule has 2 aromatic rings. The summed E-state index contributed by atoms with van der Waals surface area (Å²) < 4.78 is 16.5. The molecule has 26 heavy (non-hydrogen) atoms. The van der Waals surface area contributed by atoms with Crippen LogP contribution < -0.4 is 14.8 Å². The normalized spacial score (nSPS) is 12.8. The monoisotopic (exact) mass is 355 g/mol. The number of amides is 1. The van der Waals surface area contributed by atoms with Gasteiger partial charge in [0.05, 0.1) is 13.2 Å². The maximum atomic E-state index is 12.4. The SMILES string of the molecule is CCOCCOc1cccc(C(=O)NCc2ccc3c(c2)CCCO3)c1. The summed E-state index contributed by atoms with van der Waals surface area (Å²) in [6.07, 6.45) is 2.07. The van der Waals surface area contributed by atoms with Gasteiger partial charge in [-0.3, -0.25) is 4.79 Å². The van der Waals surface area contributed by atoms with Crippen LogP contribution in [0.1, 0.15) is 34.8 Å². The minimum Gasteiger partial charge on any atom is -0.493 e. The molecule has 1 amide bonds. The van der Waals surface area contributed by atoms with Crippen LogP contribution in [0.3, 0.4) is 0 Å². The smallest absolute Gasteiger partial charge is 0.251 e. The molecule has 0 saturated heterocycles. The zero-order valence-electron chi connectivity index (χ0n) is 15.1. The number of ether oxygens (including phenoxy) is 3. The minimum atomic E-state index is -0.116. The van der Waals surface area contributed by atoms with Crippen molar-refractivity contribution in [2.24, 2.45) is 0 Å². The molecular weight excluding hydrogens is 330 g/mol. The van der Waals surface area contributed by atoms with E-state index in [2.05, 4.69) is 11.4 Å². The predicted molar refractivity (Wildman–Crippen MR) is 99.9 cm³/mol. The van der Waals surface area contributed by atoms with Crippen molar-refractivity contribution in [2.45, 2.75) is 26.3 Å². The second-order valence-electron chi connectivity index (χ2n) is 6.15. The van der Waals surface area contributed by atoms with Gasteiger partial charge in [-0.1, -0.05) is 18.2 Å². The summed E-state index contributed by atoms with van der Waals surface area (Å²) in [5.41, 5.74) is 2.87. The van der Waals surface area contributed by atoms with Gasteiger partial charge in [0.2, 0.25) is 0 Å². The summed E-state index contributed by atoms with van der Waals surface area (Å²) in [6.45, 7) is 4.89. The quantitative estimate of drug-likeness (QED) is 0.738. The van der Waals surface area contributed by atoms with Gasteiger partial charge >= 0.3 is 0 Å². The molecule has 0 unspecified atom stereocenters. The van der Waals surface area contributed by atoms with E-state index in [-0.39, 0.29) is 5.91 Å². The Morgan fingerprint density at radius 2 is 2.12 bits per heavy atom. The molecule has 0 aliphatic carbocycles. The Morgan fingerprint density at radius 1 is 1.19 bits per heavy atom. The summed E-state index contributed by atoms with van der Waals surface area (Å²) in [5.74, 6) is 1.51. The molecule has 0 bridgehead atoms. The Balaban J connectivity index is 1.54. The van der Waals surface area contributed by atoms with Crippen LogP contribution in [-0.2, 0) is 17.7 Å². The van der Waals surface area contributed by atoms with Crippen LogP contribution in [0, 0.1) is 0 Å². The Labute approximate surface area is 154 Å². The van der Waals surface area contributed by atoms with Crippen LogP contribution in [0.4, 0.5) is 0 Å². The van der Waals surface area contributed by atoms with Crippen molar-refractivity contribution in [1.29, 1.82) is 0 Å². The molecule has 5 nitrogen and oxygen atoms in total. The molecule has 0 aromatic heterocycles. The summed E-state index contributed by atoms with van der Waals surface area (Å²) in [4.78, 5) is 12.4. The number of fused-ring (bicyclic) bond motifs is 1. The highest BCUT2D eigenvalue weighted by Gasteiger charge is 2.11. The number of carbonyl (C=O) groups excluding carboxylic acids is 1. The molecule has 0 atom stereocenters. The topological polar surface area (TPSA) is 56.8 Å². The molecule has 138 valence electrons. The zero-order valence-corrected chi connectivity index (χ0v) is 15.1. The predicted octanol–water partition coefficient (Wildman–Crippen LogP) is 3.36. The largest absolute Gasteiger partial charge is 0.493 e. The number of hydrogen-bond acceptors (Lipinski definition) is 4. The third kappa shape index (κ3) is 4.99. The highest BCUT2D eigenvalue weighted by molar-refractivity contribution is 5.94. The van der Waals surface area contributed by atoms with Crippen molar-refractivity contribution in [3.63, 3.8) is 0 Å². The molecule has 1 aliphatic heterocycles. The summed E-state index contributed by atoms with van der Waals surface area (Å²) in [7, 11) is 0. The van der Waals surface area contributed by atoms with E-state index in [1.807, 2.05) is 31.2 Å². The molecule has 0 spiro atoms. The molecule has 1 aliphatic rings. The van der Waals surface area contributed by atoms with Crippen LogP contribution in [0.15, 0.2) is 42.5 Å². The first-order valence-electron chi connectivity index (χ1n) is 9.09.